The van der Waals surface area contributed by atoms with Crippen LogP contribution in [0, 0.1) is 0 Å². The number of hydrogen-bond acceptors (Lipinski definition) is 9. The maximum Gasteiger partial charge on any atom is 0.227 e. The molecule has 0 radical (unpaired) electrons. The Labute approximate surface area is 203 Å². The molecule has 0 bridgehead atoms. The molecule has 1 saturated heterocycles. The summed E-state index contributed by atoms with van der Waals surface area (Å²) >= 11 is 6.46. The molecule has 178 valence electrons. The maximum atomic E-state index is 9.89. The number of anilines is 4. The summed E-state index contributed by atoms with van der Waals surface area (Å²) in [5.41, 5.74) is 3.74. The lowest BCUT2D eigenvalue weighted by Crippen LogP contribution is -2.36. The summed E-state index contributed by atoms with van der Waals surface area (Å²) in [6, 6.07) is 7.56. The Kier molecular flexibility index (Phi) is 6.16. The summed E-state index contributed by atoms with van der Waals surface area (Å²) in [7, 11) is 1.64. The first-order valence-corrected chi connectivity index (χ1v) is 11.5. The summed E-state index contributed by atoms with van der Waals surface area (Å²) < 4.78 is 11.2. The number of morpholine rings is 1. The van der Waals surface area contributed by atoms with Gasteiger partial charge in [0.1, 0.15) is 5.82 Å². The lowest BCUT2D eigenvalue weighted by molar-refractivity contribution is 0.122. The van der Waals surface area contributed by atoms with Crippen molar-refractivity contribution >= 4 is 34.7 Å². The predicted molar refractivity (Wildman–Crippen MR) is 133 cm³/mol. The van der Waals surface area contributed by atoms with Crippen molar-refractivity contribution in [2.75, 3.05) is 62.1 Å². The second kappa shape index (κ2) is 9.25. The van der Waals surface area contributed by atoms with E-state index in [1.54, 1.807) is 25.6 Å². The van der Waals surface area contributed by atoms with E-state index in [2.05, 4.69) is 25.5 Å². The summed E-state index contributed by atoms with van der Waals surface area (Å²) in [5, 5.41) is 17.0. The Morgan fingerprint density at radius 3 is 2.85 bits per heavy atom. The number of aliphatic hydroxyl groups is 1. The highest BCUT2D eigenvalue weighted by atomic mass is 35.5. The largest absolute Gasteiger partial charge is 0.492 e. The fraction of sp³-hybridized carbons (Fsp3) is 0.375. The molecule has 3 N–H and O–H groups in total. The first-order valence-electron chi connectivity index (χ1n) is 11.2. The van der Waals surface area contributed by atoms with Gasteiger partial charge in [-0.1, -0.05) is 18.5 Å². The van der Waals surface area contributed by atoms with E-state index in [-0.39, 0.29) is 12.0 Å². The number of ether oxygens (including phenoxy) is 2. The molecule has 0 aliphatic carbocycles. The van der Waals surface area contributed by atoms with Crippen LogP contribution in [0.1, 0.15) is 12.5 Å². The fourth-order valence-electron chi connectivity index (χ4n) is 4.35. The van der Waals surface area contributed by atoms with E-state index in [0.29, 0.717) is 42.2 Å². The van der Waals surface area contributed by atoms with Crippen LogP contribution in [0.3, 0.4) is 0 Å². The number of methoxy groups -OCH3 is 1. The highest BCUT2D eigenvalue weighted by molar-refractivity contribution is 6.31. The second-order valence-electron chi connectivity index (χ2n) is 8.69. The summed E-state index contributed by atoms with van der Waals surface area (Å²) in [6.45, 7) is 5.53. The van der Waals surface area contributed by atoms with E-state index in [0.717, 1.165) is 41.4 Å². The van der Waals surface area contributed by atoms with Crippen LogP contribution >= 0.6 is 11.6 Å². The molecular weight excluding hydrogens is 456 g/mol. The van der Waals surface area contributed by atoms with Crippen molar-refractivity contribution in [2.24, 2.45) is 0 Å². The van der Waals surface area contributed by atoms with Gasteiger partial charge in [-0.25, -0.2) is 15.0 Å². The Hall–Kier alpha value is -3.14. The summed E-state index contributed by atoms with van der Waals surface area (Å²) in [5.74, 6) is 1.88. The number of nitrogens with one attached hydrogen (secondary N) is 2. The molecule has 0 spiro atoms. The third-order valence-corrected chi connectivity index (χ3v) is 6.54. The Balaban J connectivity index is 1.47. The first kappa shape index (κ1) is 22.6. The van der Waals surface area contributed by atoms with Crippen molar-refractivity contribution in [1.29, 1.82) is 0 Å². The van der Waals surface area contributed by atoms with Crippen LogP contribution in [0.4, 0.5) is 23.1 Å². The minimum atomic E-state index is -0.378. The van der Waals surface area contributed by atoms with Gasteiger partial charge < -0.3 is 30.1 Å². The number of aliphatic hydroxyl groups excluding tert-OH is 1. The van der Waals surface area contributed by atoms with Gasteiger partial charge in [-0.2, -0.15) is 0 Å². The molecule has 2 aliphatic rings. The molecule has 34 heavy (non-hydrogen) atoms. The molecule has 2 aromatic heterocycles. The monoisotopic (exact) mass is 482 g/mol. The van der Waals surface area contributed by atoms with E-state index in [1.165, 1.54) is 0 Å². The van der Waals surface area contributed by atoms with Gasteiger partial charge in [-0.05, 0) is 24.3 Å². The summed E-state index contributed by atoms with van der Waals surface area (Å²) in [6.07, 6.45) is 3.47. The van der Waals surface area contributed by atoms with E-state index >= 15 is 0 Å². The number of fused-ring (bicyclic) bond motifs is 1. The lowest BCUT2D eigenvalue weighted by Gasteiger charge is -2.31. The third kappa shape index (κ3) is 4.22. The molecule has 5 rings (SSSR count). The van der Waals surface area contributed by atoms with E-state index < -0.39 is 0 Å². The van der Waals surface area contributed by atoms with Gasteiger partial charge in [0, 0.05) is 53.6 Å². The van der Waals surface area contributed by atoms with Gasteiger partial charge in [0.25, 0.3) is 0 Å². The average molecular weight is 483 g/mol. The minimum absolute atomic E-state index is 0.0365. The van der Waals surface area contributed by atoms with Crippen LogP contribution in [-0.4, -0.2) is 66.6 Å². The van der Waals surface area contributed by atoms with Crippen LogP contribution < -0.4 is 20.3 Å². The van der Waals surface area contributed by atoms with Crippen LogP contribution in [0.15, 0.2) is 36.7 Å². The van der Waals surface area contributed by atoms with Crippen molar-refractivity contribution in [2.45, 2.75) is 12.3 Å². The molecule has 0 amide bonds. The van der Waals surface area contributed by atoms with Crippen LogP contribution in [0.5, 0.6) is 5.75 Å². The second-order valence-corrected chi connectivity index (χ2v) is 9.12. The molecule has 1 unspecified atom stereocenters. The molecule has 1 aromatic carbocycles. The number of hydrogen-bond donors (Lipinski definition) is 3. The van der Waals surface area contributed by atoms with E-state index in [9.17, 15) is 5.11 Å². The number of nitrogens with zero attached hydrogens (tertiary/aromatic N) is 4. The number of pyridine rings is 1. The zero-order valence-corrected chi connectivity index (χ0v) is 19.9. The van der Waals surface area contributed by atoms with Gasteiger partial charge in [-0.3, -0.25) is 0 Å². The number of rotatable bonds is 6. The standard InChI is InChI=1S/C24H27ClN6O3/c1-24(14-32)13-28-22-17(24)9-15(12-27-22)18-3-4-26-23(29-18)30-19-10-16(25)11-20(21(19)33-2)31-5-7-34-8-6-31/h3-4,9-12,32H,5-8,13-14H2,1-2H3,(H,27,28)(H,26,29,30). The molecule has 1 fully saturated rings. The Bertz CT molecular complexity index is 1200. The van der Waals surface area contributed by atoms with Gasteiger partial charge >= 0.3 is 0 Å². The predicted octanol–water partition coefficient (Wildman–Crippen LogP) is 3.46. The Morgan fingerprint density at radius 1 is 1.26 bits per heavy atom. The summed E-state index contributed by atoms with van der Waals surface area (Å²) in [4.78, 5) is 15.8. The maximum absolute atomic E-state index is 9.89. The first-order chi connectivity index (χ1) is 16.5. The van der Waals surface area contributed by atoms with Crippen molar-refractivity contribution in [3.8, 4) is 17.0 Å². The molecule has 10 heteroatoms. The lowest BCUT2D eigenvalue weighted by atomic mass is 9.85. The average Bonchev–Trinajstić information content (AvgIpc) is 3.21. The topological polar surface area (TPSA) is 105 Å². The number of aromatic nitrogens is 3. The van der Waals surface area contributed by atoms with Gasteiger partial charge in [0.15, 0.2) is 5.75 Å². The molecule has 0 saturated carbocycles. The molecule has 2 aliphatic heterocycles. The quantitative estimate of drug-likeness (QED) is 0.487. The van der Waals surface area contributed by atoms with Crippen molar-refractivity contribution in [3.05, 3.63) is 47.2 Å². The van der Waals surface area contributed by atoms with Gasteiger partial charge in [-0.15, -0.1) is 0 Å². The minimum Gasteiger partial charge on any atom is -0.492 e. The van der Waals surface area contributed by atoms with Gasteiger partial charge in [0.05, 0.1) is 44.0 Å². The van der Waals surface area contributed by atoms with Crippen LogP contribution in [0.2, 0.25) is 5.02 Å². The van der Waals surface area contributed by atoms with E-state index in [4.69, 9.17) is 26.1 Å². The molecule has 4 heterocycles. The molecule has 3 aromatic rings. The SMILES string of the molecule is COc1c(Nc2nccc(-c3cnc4c(c3)C(C)(CO)CN4)n2)cc(Cl)cc1N1CCOCC1. The van der Waals surface area contributed by atoms with Crippen molar-refractivity contribution in [3.63, 3.8) is 0 Å². The van der Waals surface area contributed by atoms with Crippen LogP contribution in [0.25, 0.3) is 11.3 Å². The third-order valence-electron chi connectivity index (χ3n) is 6.32. The van der Waals surface area contributed by atoms with E-state index in [1.807, 2.05) is 25.1 Å². The Morgan fingerprint density at radius 2 is 2.09 bits per heavy atom. The molecule has 9 nitrogen and oxygen atoms in total. The molecule has 1 atom stereocenters. The number of halogens is 1. The van der Waals surface area contributed by atoms with Crippen molar-refractivity contribution in [1.82, 2.24) is 15.0 Å². The molecular formula is C24H27ClN6O3. The smallest absolute Gasteiger partial charge is 0.227 e. The normalized spacial score (nSPS) is 19.5. The van der Waals surface area contributed by atoms with Gasteiger partial charge in [0.2, 0.25) is 5.95 Å². The zero-order chi connectivity index (χ0) is 23.7. The fourth-order valence-corrected chi connectivity index (χ4v) is 4.56. The zero-order valence-electron chi connectivity index (χ0n) is 19.1. The highest BCUT2D eigenvalue weighted by Crippen LogP contribution is 2.41. The van der Waals surface area contributed by atoms with Crippen LogP contribution in [-0.2, 0) is 10.2 Å². The number of benzene rings is 1. The highest BCUT2D eigenvalue weighted by Gasteiger charge is 2.35. The van der Waals surface area contributed by atoms with Crippen molar-refractivity contribution < 1.29 is 14.6 Å².